The minimum absolute atomic E-state index is 0.143. The van der Waals surface area contributed by atoms with Crippen LogP contribution in [0, 0.1) is 5.92 Å². The minimum Gasteiger partial charge on any atom is -0.381 e. The van der Waals surface area contributed by atoms with Crippen molar-refractivity contribution >= 4 is 29.1 Å². The van der Waals surface area contributed by atoms with Gasteiger partial charge in [-0.1, -0.05) is 12.1 Å². The van der Waals surface area contributed by atoms with Gasteiger partial charge in [0.25, 0.3) is 5.91 Å². The molecule has 1 amide bonds. The standard InChI is InChI=1S/C23H31N5O2/c1-16(11-18(13-24-2)15-28(3)4)19-5-6-21-20(12-19)22(27-26-21)23(29)25-14-17-7-9-30-10-8-17/h5-6,11-13,17H,2,7-10,14-15H2,1,3-4H3,(H,25,29)(H,26,27)/b16-11+,18-13+. The molecule has 1 aliphatic rings. The first-order chi connectivity index (χ1) is 14.5. The molecule has 1 fully saturated rings. The summed E-state index contributed by atoms with van der Waals surface area (Å²) in [6.07, 6.45) is 5.84. The lowest BCUT2D eigenvalue weighted by Crippen LogP contribution is -2.32. The summed E-state index contributed by atoms with van der Waals surface area (Å²) in [5.41, 5.74) is 4.47. The molecule has 0 atom stereocenters. The SMILES string of the molecule is C=N/C=C(\C=C(/C)c1ccc2[nH]nc(C(=O)NCC3CCOCC3)c2c1)CN(C)C. The summed E-state index contributed by atoms with van der Waals surface area (Å²) >= 11 is 0. The average molecular weight is 410 g/mol. The molecule has 1 aliphatic heterocycles. The molecule has 0 unspecified atom stereocenters. The van der Waals surface area contributed by atoms with Gasteiger partial charge in [0.05, 0.1) is 5.52 Å². The normalized spacial score (nSPS) is 16.3. The third-order valence-electron chi connectivity index (χ3n) is 5.28. The molecule has 2 heterocycles. The zero-order valence-electron chi connectivity index (χ0n) is 18.1. The van der Waals surface area contributed by atoms with Gasteiger partial charge in [-0.15, -0.1) is 0 Å². The van der Waals surface area contributed by atoms with Crippen LogP contribution in [0.25, 0.3) is 16.5 Å². The molecule has 0 spiro atoms. The van der Waals surface area contributed by atoms with E-state index >= 15 is 0 Å². The van der Waals surface area contributed by atoms with Gasteiger partial charge in [0.15, 0.2) is 5.69 Å². The summed E-state index contributed by atoms with van der Waals surface area (Å²) < 4.78 is 5.38. The van der Waals surface area contributed by atoms with Crippen LogP contribution in [0.3, 0.4) is 0 Å². The molecule has 7 heteroatoms. The van der Waals surface area contributed by atoms with Crippen LogP contribution in [-0.2, 0) is 4.74 Å². The lowest BCUT2D eigenvalue weighted by molar-refractivity contribution is 0.0642. The lowest BCUT2D eigenvalue weighted by Gasteiger charge is -2.21. The van der Waals surface area contributed by atoms with Crippen molar-refractivity contribution in [3.63, 3.8) is 0 Å². The molecular weight excluding hydrogens is 378 g/mol. The fraction of sp³-hybridized carbons (Fsp3) is 0.435. The van der Waals surface area contributed by atoms with Gasteiger partial charge < -0.3 is 15.0 Å². The molecule has 7 nitrogen and oxygen atoms in total. The number of carbonyl (C=O) groups excluding carboxylic acids is 1. The van der Waals surface area contributed by atoms with Crippen molar-refractivity contribution < 1.29 is 9.53 Å². The molecule has 0 radical (unpaired) electrons. The van der Waals surface area contributed by atoms with Crippen LogP contribution in [0.2, 0.25) is 0 Å². The van der Waals surface area contributed by atoms with Crippen molar-refractivity contribution in [2.24, 2.45) is 10.9 Å². The largest absolute Gasteiger partial charge is 0.381 e. The number of likely N-dealkylation sites (N-methyl/N-ethyl adjacent to an activating group) is 1. The first-order valence-corrected chi connectivity index (χ1v) is 10.3. The quantitative estimate of drug-likeness (QED) is 0.518. The molecule has 2 N–H and O–H groups in total. The molecule has 3 rings (SSSR count). The Balaban J connectivity index is 1.79. The molecule has 160 valence electrons. The monoisotopic (exact) mass is 409 g/mol. The van der Waals surface area contributed by atoms with Crippen molar-refractivity contribution in [3.8, 4) is 0 Å². The number of aliphatic imine (C=N–C) groups is 1. The Labute approximate surface area is 177 Å². The predicted molar refractivity (Wildman–Crippen MR) is 122 cm³/mol. The predicted octanol–water partition coefficient (Wildman–Crippen LogP) is 3.27. The topological polar surface area (TPSA) is 82.6 Å². The van der Waals surface area contributed by atoms with Crippen LogP contribution in [0.15, 0.2) is 41.0 Å². The average Bonchev–Trinajstić information content (AvgIpc) is 3.16. The highest BCUT2D eigenvalue weighted by Gasteiger charge is 2.18. The summed E-state index contributed by atoms with van der Waals surface area (Å²) in [6.45, 7) is 8.58. The molecule has 30 heavy (non-hydrogen) atoms. The number of H-pyrrole nitrogens is 1. The number of allylic oxidation sites excluding steroid dienone is 1. The lowest BCUT2D eigenvalue weighted by atomic mass is 10.00. The van der Waals surface area contributed by atoms with Crippen molar-refractivity contribution in [1.82, 2.24) is 20.4 Å². The molecule has 0 saturated carbocycles. The van der Waals surface area contributed by atoms with Crippen LogP contribution in [0.1, 0.15) is 35.8 Å². The Hall–Kier alpha value is -2.77. The maximum atomic E-state index is 12.8. The van der Waals surface area contributed by atoms with E-state index in [1.165, 1.54) is 0 Å². The Morgan fingerprint density at radius 3 is 2.87 bits per heavy atom. The second kappa shape index (κ2) is 10.3. The van der Waals surface area contributed by atoms with Gasteiger partial charge in [0.2, 0.25) is 0 Å². The third-order valence-corrected chi connectivity index (χ3v) is 5.28. The highest BCUT2D eigenvalue weighted by atomic mass is 16.5. The molecule has 1 aromatic carbocycles. The third kappa shape index (κ3) is 5.64. The Bertz CT molecular complexity index is 952. The van der Waals surface area contributed by atoms with Gasteiger partial charge >= 0.3 is 0 Å². The number of aromatic nitrogens is 2. The van der Waals surface area contributed by atoms with Crippen molar-refractivity contribution in [3.05, 3.63) is 47.3 Å². The van der Waals surface area contributed by atoms with E-state index in [2.05, 4.69) is 45.1 Å². The van der Waals surface area contributed by atoms with Crippen molar-refractivity contribution in [1.29, 1.82) is 0 Å². The molecule has 1 saturated heterocycles. The van der Waals surface area contributed by atoms with Crippen molar-refractivity contribution in [2.45, 2.75) is 19.8 Å². The number of fused-ring (bicyclic) bond motifs is 1. The van der Waals surface area contributed by atoms with Gasteiger partial charge in [-0.3, -0.25) is 14.9 Å². The van der Waals surface area contributed by atoms with Crippen LogP contribution >= 0.6 is 0 Å². The first kappa shape index (κ1) is 21.9. The van der Waals surface area contributed by atoms with Crippen LogP contribution in [-0.4, -0.2) is 68.1 Å². The molecule has 1 aromatic heterocycles. The Morgan fingerprint density at radius 2 is 2.17 bits per heavy atom. The number of nitrogens with zero attached hydrogens (tertiary/aromatic N) is 3. The second-order valence-electron chi connectivity index (χ2n) is 8.05. The van der Waals surface area contributed by atoms with E-state index in [-0.39, 0.29) is 5.91 Å². The fourth-order valence-electron chi connectivity index (χ4n) is 3.67. The second-order valence-corrected chi connectivity index (χ2v) is 8.05. The van der Waals surface area contributed by atoms with E-state index in [9.17, 15) is 4.79 Å². The van der Waals surface area contributed by atoms with E-state index in [1.54, 1.807) is 6.20 Å². The van der Waals surface area contributed by atoms with Gasteiger partial charge in [-0.2, -0.15) is 5.10 Å². The molecule has 0 bridgehead atoms. The van der Waals surface area contributed by atoms with Crippen molar-refractivity contribution in [2.75, 3.05) is 40.4 Å². The fourth-order valence-corrected chi connectivity index (χ4v) is 3.67. The molecule has 2 aromatic rings. The molecular formula is C23H31N5O2. The summed E-state index contributed by atoms with van der Waals surface area (Å²) in [4.78, 5) is 18.8. The zero-order valence-corrected chi connectivity index (χ0v) is 18.1. The minimum atomic E-state index is -0.143. The van der Waals surface area contributed by atoms with Crippen LogP contribution < -0.4 is 5.32 Å². The number of aromatic amines is 1. The summed E-state index contributed by atoms with van der Waals surface area (Å²) in [5, 5.41) is 11.1. The van der Waals surface area contributed by atoms with Gasteiger partial charge in [0.1, 0.15) is 0 Å². The number of hydrogen-bond donors (Lipinski definition) is 2. The Morgan fingerprint density at radius 1 is 1.40 bits per heavy atom. The first-order valence-electron chi connectivity index (χ1n) is 10.3. The summed E-state index contributed by atoms with van der Waals surface area (Å²) in [7, 11) is 4.03. The highest BCUT2D eigenvalue weighted by Crippen LogP contribution is 2.24. The van der Waals surface area contributed by atoms with E-state index in [4.69, 9.17) is 4.74 Å². The number of ether oxygens (including phenoxy) is 1. The number of rotatable bonds is 8. The van der Waals surface area contributed by atoms with E-state index in [0.717, 1.165) is 60.2 Å². The van der Waals surface area contributed by atoms with Gasteiger partial charge in [-0.05, 0) is 75.3 Å². The van der Waals surface area contributed by atoms with E-state index in [0.29, 0.717) is 18.2 Å². The summed E-state index contributed by atoms with van der Waals surface area (Å²) in [5.74, 6) is 0.324. The number of benzene rings is 1. The van der Waals surface area contributed by atoms with Crippen LogP contribution in [0.5, 0.6) is 0 Å². The maximum absolute atomic E-state index is 12.8. The molecule has 0 aliphatic carbocycles. The van der Waals surface area contributed by atoms with E-state index < -0.39 is 0 Å². The zero-order chi connectivity index (χ0) is 21.5. The van der Waals surface area contributed by atoms with Crippen LogP contribution in [0.4, 0.5) is 0 Å². The van der Waals surface area contributed by atoms with Gasteiger partial charge in [-0.25, -0.2) is 0 Å². The number of nitrogens with one attached hydrogen (secondary N) is 2. The smallest absolute Gasteiger partial charge is 0.272 e. The number of carbonyl (C=O) groups is 1. The Kier molecular flexibility index (Phi) is 7.54. The van der Waals surface area contributed by atoms with Gasteiger partial charge in [0, 0.05) is 37.9 Å². The van der Waals surface area contributed by atoms with E-state index in [1.807, 2.05) is 32.3 Å². The summed E-state index contributed by atoms with van der Waals surface area (Å²) in [6, 6.07) is 6.01. The highest BCUT2D eigenvalue weighted by molar-refractivity contribution is 6.05. The number of amides is 1. The maximum Gasteiger partial charge on any atom is 0.272 e. The number of hydrogen-bond acceptors (Lipinski definition) is 5.